The molecule has 0 aromatic carbocycles. The third-order valence-electron chi connectivity index (χ3n) is 1.41. The zero-order chi connectivity index (χ0) is 8.15. The lowest BCUT2D eigenvalue weighted by Crippen LogP contribution is -2.15. The lowest BCUT2D eigenvalue weighted by molar-refractivity contribution is -0.122. The van der Waals surface area contributed by atoms with Gasteiger partial charge in [0, 0.05) is 11.8 Å². The second-order valence-electron chi connectivity index (χ2n) is 2.61. The summed E-state index contributed by atoms with van der Waals surface area (Å²) >= 11 is 0. The van der Waals surface area contributed by atoms with Gasteiger partial charge in [0.2, 0.25) is 5.91 Å². The first-order valence-corrected chi connectivity index (χ1v) is 3.28. The van der Waals surface area contributed by atoms with Gasteiger partial charge in [0.1, 0.15) is 6.29 Å². The van der Waals surface area contributed by atoms with Crippen LogP contribution in [-0.4, -0.2) is 12.2 Å². The number of hydrogen-bond donors (Lipinski definition) is 0. The highest BCUT2D eigenvalue weighted by Gasteiger charge is 2.12. The lowest BCUT2D eigenvalue weighted by atomic mass is 9.98. The van der Waals surface area contributed by atoms with Crippen molar-refractivity contribution in [3.63, 3.8) is 0 Å². The number of amides is 1. The monoisotopic (exact) mass is 142 g/mol. The topological polar surface area (TPSA) is 57.9 Å². The van der Waals surface area contributed by atoms with Gasteiger partial charge in [-0.3, -0.25) is 10.5 Å². The van der Waals surface area contributed by atoms with Gasteiger partial charge in [-0.1, -0.05) is 13.8 Å². The fraction of sp³-hybridized carbons (Fsp3) is 0.714. The largest absolute Gasteiger partial charge is 0.303 e. The summed E-state index contributed by atoms with van der Waals surface area (Å²) in [4.78, 5) is 20.4. The van der Waals surface area contributed by atoms with Gasteiger partial charge in [-0.25, -0.2) is 0 Å². The summed E-state index contributed by atoms with van der Waals surface area (Å²) in [5.74, 6) is -1.00. The highest BCUT2D eigenvalue weighted by atomic mass is 16.1. The predicted molar refractivity (Wildman–Crippen MR) is 37.1 cm³/mol. The van der Waals surface area contributed by atoms with Crippen LogP contribution in [0.5, 0.6) is 0 Å². The van der Waals surface area contributed by atoms with Gasteiger partial charge < -0.3 is 4.79 Å². The molecular formula is C7H12NO2. The second kappa shape index (κ2) is 4.04. The maximum atomic E-state index is 10.3. The van der Waals surface area contributed by atoms with Crippen molar-refractivity contribution in [3.05, 3.63) is 0 Å². The first kappa shape index (κ1) is 9.14. The normalized spacial score (nSPS) is 15.8. The van der Waals surface area contributed by atoms with Crippen molar-refractivity contribution in [1.29, 1.82) is 0 Å². The van der Waals surface area contributed by atoms with E-state index in [1.54, 1.807) is 13.8 Å². The highest BCUT2D eigenvalue weighted by Crippen LogP contribution is 2.08. The average Bonchev–Trinajstić information content (AvgIpc) is 1.87. The Morgan fingerprint density at radius 2 is 2.10 bits per heavy atom. The molecule has 0 heterocycles. The molecule has 0 rings (SSSR count). The van der Waals surface area contributed by atoms with E-state index in [2.05, 4.69) is 0 Å². The fourth-order valence-corrected chi connectivity index (χ4v) is 0.720. The molecule has 0 aliphatic carbocycles. The Hall–Kier alpha value is -0.860. The van der Waals surface area contributed by atoms with E-state index in [4.69, 9.17) is 5.73 Å². The first-order chi connectivity index (χ1) is 4.57. The Bertz CT molecular complexity index is 134. The Morgan fingerprint density at radius 3 is 2.40 bits per heavy atom. The van der Waals surface area contributed by atoms with Gasteiger partial charge in [-0.05, 0) is 6.42 Å². The van der Waals surface area contributed by atoms with E-state index in [9.17, 15) is 9.59 Å². The lowest BCUT2D eigenvalue weighted by Gasteiger charge is -2.06. The van der Waals surface area contributed by atoms with Crippen LogP contribution in [0, 0.1) is 11.8 Å². The molecule has 0 fully saturated rings. The fourth-order valence-electron chi connectivity index (χ4n) is 0.720. The molecule has 0 saturated carbocycles. The molecule has 57 valence electrons. The molecule has 3 heteroatoms. The molecule has 3 nitrogen and oxygen atoms in total. The summed E-state index contributed by atoms with van der Waals surface area (Å²) in [5, 5.41) is 0. The maximum absolute atomic E-state index is 10.3. The summed E-state index contributed by atoms with van der Waals surface area (Å²) in [7, 11) is 0. The van der Waals surface area contributed by atoms with Gasteiger partial charge in [0.15, 0.2) is 0 Å². The molecule has 2 unspecified atom stereocenters. The molecule has 0 bridgehead atoms. The summed E-state index contributed by atoms with van der Waals surface area (Å²) in [6.07, 6.45) is 1.30. The Kier molecular flexibility index (Phi) is 3.69. The van der Waals surface area contributed by atoms with Crippen LogP contribution in [0.15, 0.2) is 0 Å². The summed E-state index contributed by atoms with van der Waals surface area (Å²) in [5.41, 5.74) is 6.70. The average molecular weight is 142 g/mol. The Morgan fingerprint density at radius 1 is 1.60 bits per heavy atom. The molecule has 2 atom stereocenters. The Labute approximate surface area is 60.6 Å². The number of rotatable bonds is 4. The molecule has 1 N–H and O–H groups in total. The molecule has 0 aromatic heterocycles. The van der Waals surface area contributed by atoms with E-state index in [1.165, 1.54) is 0 Å². The maximum Gasteiger partial charge on any atom is 0.241 e. The van der Waals surface area contributed by atoms with E-state index in [0.717, 1.165) is 6.29 Å². The van der Waals surface area contributed by atoms with Crippen LogP contribution in [0.25, 0.3) is 0 Å². The van der Waals surface area contributed by atoms with E-state index in [0.29, 0.717) is 6.42 Å². The molecule has 0 aromatic rings. The van der Waals surface area contributed by atoms with Gasteiger partial charge >= 0.3 is 0 Å². The summed E-state index contributed by atoms with van der Waals surface area (Å²) in [6, 6.07) is 0. The van der Waals surface area contributed by atoms with E-state index in [-0.39, 0.29) is 11.8 Å². The van der Waals surface area contributed by atoms with Crippen molar-refractivity contribution < 1.29 is 9.59 Å². The zero-order valence-corrected chi connectivity index (χ0v) is 6.26. The molecule has 1 radical (unpaired) electrons. The number of hydrogen-bond acceptors (Lipinski definition) is 2. The number of carbonyl (C=O) groups is 2. The molecule has 0 spiro atoms. The quantitative estimate of drug-likeness (QED) is 0.541. The van der Waals surface area contributed by atoms with Crippen LogP contribution in [0.4, 0.5) is 0 Å². The van der Waals surface area contributed by atoms with Crippen molar-refractivity contribution in [2.24, 2.45) is 11.8 Å². The second-order valence-corrected chi connectivity index (χ2v) is 2.61. The van der Waals surface area contributed by atoms with Gasteiger partial charge in [0.05, 0.1) is 0 Å². The van der Waals surface area contributed by atoms with Crippen molar-refractivity contribution in [3.8, 4) is 0 Å². The number of carbonyl (C=O) groups excluding carboxylic acids is 2. The van der Waals surface area contributed by atoms with Gasteiger partial charge in [-0.2, -0.15) is 0 Å². The van der Waals surface area contributed by atoms with Crippen LogP contribution < -0.4 is 5.73 Å². The Balaban J connectivity index is 3.67. The molecule has 0 aliphatic heterocycles. The molecule has 10 heavy (non-hydrogen) atoms. The van der Waals surface area contributed by atoms with E-state index in [1.807, 2.05) is 0 Å². The third-order valence-corrected chi connectivity index (χ3v) is 1.41. The smallest absolute Gasteiger partial charge is 0.241 e. The summed E-state index contributed by atoms with van der Waals surface area (Å²) < 4.78 is 0. The van der Waals surface area contributed by atoms with Crippen LogP contribution in [0.3, 0.4) is 0 Å². The van der Waals surface area contributed by atoms with Crippen LogP contribution >= 0.6 is 0 Å². The van der Waals surface area contributed by atoms with Crippen molar-refractivity contribution in [2.75, 3.05) is 0 Å². The molecule has 0 saturated heterocycles. The standard InChI is InChI=1S/C7H12NO2/c1-5(4-9)3-6(2)7(8)10/h4-6,8H,3H2,1-2H3. The zero-order valence-electron chi connectivity index (χ0n) is 6.26. The van der Waals surface area contributed by atoms with Crippen LogP contribution in [-0.2, 0) is 9.59 Å². The van der Waals surface area contributed by atoms with Crippen molar-refractivity contribution in [2.45, 2.75) is 20.3 Å². The van der Waals surface area contributed by atoms with Crippen LogP contribution in [0.1, 0.15) is 20.3 Å². The van der Waals surface area contributed by atoms with Crippen molar-refractivity contribution in [1.82, 2.24) is 5.73 Å². The van der Waals surface area contributed by atoms with Gasteiger partial charge in [-0.15, -0.1) is 0 Å². The first-order valence-electron chi connectivity index (χ1n) is 3.28. The van der Waals surface area contributed by atoms with Gasteiger partial charge in [0.25, 0.3) is 0 Å². The minimum Gasteiger partial charge on any atom is -0.303 e. The minimum absolute atomic E-state index is 0.107. The SMILES string of the molecule is CC(C=O)CC(C)C([NH])=O. The van der Waals surface area contributed by atoms with Crippen molar-refractivity contribution >= 4 is 12.2 Å². The summed E-state index contributed by atoms with van der Waals surface area (Å²) in [6.45, 7) is 3.40. The molecule has 0 aliphatic rings. The van der Waals surface area contributed by atoms with E-state index < -0.39 is 5.91 Å². The number of nitrogens with one attached hydrogen (secondary N) is 1. The molecular weight excluding hydrogens is 130 g/mol. The van der Waals surface area contributed by atoms with Crippen LogP contribution in [0.2, 0.25) is 0 Å². The highest BCUT2D eigenvalue weighted by molar-refractivity contribution is 5.75. The number of aldehydes is 1. The van der Waals surface area contributed by atoms with E-state index >= 15 is 0 Å². The predicted octanol–water partition coefficient (Wildman–Crippen LogP) is 0.657. The molecule has 1 amide bonds. The third kappa shape index (κ3) is 3.22. The minimum atomic E-state index is -0.589.